The predicted octanol–water partition coefficient (Wildman–Crippen LogP) is 4.43. The van der Waals surface area contributed by atoms with E-state index in [1.54, 1.807) is 31.2 Å². The Bertz CT molecular complexity index is 1290. The monoisotopic (exact) mass is 475 g/mol. The van der Waals surface area contributed by atoms with Crippen molar-refractivity contribution in [2.45, 2.75) is 46.7 Å². The molecule has 0 saturated carbocycles. The average molecular weight is 476 g/mol. The molecule has 3 aromatic rings. The molecular formula is C24H27ClFN3O4. The van der Waals surface area contributed by atoms with Crippen molar-refractivity contribution < 1.29 is 13.9 Å². The van der Waals surface area contributed by atoms with Crippen LogP contribution in [0.25, 0.3) is 10.9 Å². The summed E-state index contributed by atoms with van der Waals surface area (Å²) in [5.74, 6) is -0.627. The van der Waals surface area contributed by atoms with Gasteiger partial charge in [-0.05, 0) is 62.6 Å². The Hall–Kier alpha value is -3.13. The number of hydrogen-bond acceptors (Lipinski definition) is 4. The van der Waals surface area contributed by atoms with Gasteiger partial charge in [-0.1, -0.05) is 18.5 Å². The van der Waals surface area contributed by atoms with Crippen molar-refractivity contribution in [2.24, 2.45) is 5.92 Å². The highest BCUT2D eigenvalue weighted by atomic mass is 35.5. The topological polar surface area (TPSA) is 82.3 Å². The van der Waals surface area contributed by atoms with E-state index in [1.807, 2.05) is 13.8 Å². The molecule has 2 aromatic carbocycles. The molecule has 3 rings (SSSR count). The fourth-order valence-electron chi connectivity index (χ4n) is 3.68. The van der Waals surface area contributed by atoms with Crippen LogP contribution in [0, 0.1) is 11.7 Å². The maximum atomic E-state index is 13.8. The third-order valence-electron chi connectivity index (χ3n) is 5.44. The molecule has 1 aromatic heterocycles. The van der Waals surface area contributed by atoms with Crippen LogP contribution in [-0.4, -0.2) is 21.6 Å². The summed E-state index contributed by atoms with van der Waals surface area (Å²) >= 11 is 5.73. The Morgan fingerprint density at radius 2 is 1.85 bits per heavy atom. The van der Waals surface area contributed by atoms with Crippen molar-refractivity contribution in [1.82, 2.24) is 9.13 Å². The van der Waals surface area contributed by atoms with Crippen molar-refractivity contribution in [3.05, 3.63) is 68.1 Å². The summed E-state index contributed by atoms with van der Waals surface area (Å²) in [5.41, 5.74) is 0.303. The van der Waals surface area contributed by atoms with Crippen molar-refractivity contribution in [3.8, 4) is 5.75 Å². The number of halogens is 2. The first-order chi connectivity index (χ1) is 15.7. The number of nitrogens with zero attached hydrogens (tertiary/aromatic N) is 2. The van der Waals surface area contributed by atoms with Crippen LogP contribution in [-0.2, 0) is 17.9 Å². The summed E-state index contributed by atoms with van der Waals surface area (Å²) in [5, 5.41) is 3.49. The zero-order chi connectivity index (χ0) is 24.1. The van der Waals surface area contributed by atoms with Gasteiger partial charge in [0.2, 0.25) is 5.91 Å². The van der Waals surface area contributed by atoms with Gasteiger partial charge in [0, 0.05) is 30.2 Å². The Kier molecular flexibility index (Phi) is 7.92. The molecule has 1 atom stereocenters. The summed E-state index contributed by atoms with van der Waals surface area (Å²) in [6, 6.07) is 9.17. The zero-order valence-electron chi connectivity index (χ0n) is 18.9. The normalized spacial score (nSPS) is 12.0. The van der Waals surface area contributed by atoms with E-state index in [0.29, 0.717) is 34.6 Å². The lowest BCUT2D eigenvalue weighted by Crippen LogP contribution is -2.39. The van der Waals surface area contributed by atoms with E-state index < -0.39 is 5.82 Å². The number of anilines is 1. The minimum Gasteiger partial charge on any atom is -0.491 e. The quantitative estimate of drug-likeness (QED) is 0.496. The van der Waals surface area contributed by atoms with E-state index in [4.69, 9.17) is 16.3 Å². The van der Waals surface area contributed by atoms with Crippen molar-refractivity contribution in [2.75, 3.05) is 11.9 Å². The molecule has 0 radical (unpaired) electrons. The number of fused-ring (bicyclic) bond motifs is 1. The molecule has 176 valence electrons. The number of carbonyl (C=O) groups is 1. The predicted molar refractivity (Wildman–Crippen MR) is 128 cm³/mol. The van der Waals surface area contributed by atoms with Gasteiger partial charge in [-0.2, -0.15) is 0 Å². The Morgan fingerprint density at radius 3 is 2.52 bits per heavy atom. The highest BCUT2D eigenvalue weighted by Crippen LogP contribution is 2.22. The zero-order valence-corrected chi connectivity index (χ0v) is 19.6. The molecule has 0 fully saturated rings. The second kappa shape index (κ2) is 10.7. The molecule has 33 heavy (non-hydrogen) atoms. The van der Waals surface area contributed by atoms with Crippen LogP contribution in [0.1, 0.15) is 33.6 Å². The van der Waals surface area contributed by atoms with E-state index in [9.17, 15) is 18.8 Å². The lowest BCUT2D eigenvalue weighted by molar-refractivity contribution is -0.117. The van der Waals surface area contributed by atoms with Crippen molar-refractivity contribution >= 4 is 34.1 Å². The van der Waals surface area contributed by atoms with Gasteiger partial charge in [0.1, 0.15) is 0 Å². The molecule has 9 heteroatoms. The first kappa shape index (κ1) is 24.5. The Balaban J connectivity index is 1.64. The van der Waals surface area contributed by atoms with Gasteiger partial charge >= 0.3 is 5.69 Å². The van der Waals surface area contributed by atoms with Crippen LogP contribution in [0.4, 0.5) is 10.1 Å². The number of aromatic nitrogens is 2. The van der Waals surface area contributed by atoms with Crippen LogP contribution in [0.5, 0.6) is 5.75 Å². The number of aryl methyl sites for hydroxylation is 1. The molecule has 1 heterocycles. The molecule has 7 nitrogen and oxygen atoms in total. The minimum absolute atomic E-state index is 0.0107. The van der Waals surface area contributed by atoms with Gasteiger partial charge in [0.05, 0.1) is 17.5 Å². The molecule has 0 aliphatic heterocycles. The Labute approximate surface area is 195 Å². The molecule has 1 unspecified atom stereocenters. The van der Waals surface area contributed by atoms with E-state index in [-0.39, 0.29) is 48.4 Å². The van der Waals surface area contributed by atoms with Crippen LogP contribution in [0.15, 0.2) is 46.0 Å². The molecule has 0 bridgehead atoms. The van der Waals surface area contributed by atoms with Gasteiger partial charge in [-0.3, -0.25) is 18.7 Å². The summed E-state index contributed by atoms with van der Waals surface area (Å²) < 4.78 is 21.9. The first-order valence-corrected chi connectivity index (χ1v) is 11.3. The summed E-state index contributed by atoms with van der Waals surface area (Å²) in [6.45, 7) is 6.44. The van der Waals surface area contributed by atoms with Gasteiger partial charge in [0.15, 0.2) is 11.6 Å². The van der Waals surface area contributed by atoms with Crippen molar-refractivity contribution in [3.63, 3.8) is 0 Å². The second-order valence-electron chi connectivity index (χ2n) is 7.88. The molecule has 1 N–H and O–H groups in total. The molecule has 0 spiro atoms. The van der Waals surface area contributed by atoms with E-state index >= 15 is 0 Å². The lowest BCUT2D eigenvalue weighted by atomic mass is 10.0. The minimum atomic E-state index is -0.528. The number of carbonyl (C=O) groups excluding carboxylic acids is 1. The number of nitrogens with one attached hydrogen (secondary N) is 1. The largest absolute Gasteiger partial charge is 0.491 e. The highest BCUT2D eigenvalue weighted by Gasteiger charge is 2.14. The van der Waals surface area contributed by atoms with Crippen molar-refractivity contribution in [1.29, 1.82) is 0 Å². The maximum absolute atomic E-state index is 13.8. The van der Waals surface area contributed by atoms with Gasteiger partial charge in [0.25, 0.3) is 5.56 Å². The second-order valence-corrected chi connectivity index (χ2v) is 8.31. The number of benzene rings is 2. The number of rotatable bonds is 9. The lowest BCUT2D eigenvalue weighted by Gasteiger charge is -2.14. The smallest absolute Gasteiger partial charge is 0.331 e. The molecule has 1 amide bonds. The first-order valence-electron chi connectivity index (χ1n) is 10.9. The van der Waals surface area contributed by atoms with Crippen LogP contribution < -0.4 is 21.3 Å². The van der Waals surface area contributed by atoms with E-state index in [1.165, 1.54) is 21.3 Å². The standard InChI is InChI=1S/C24H27ClFN3O4/c1-4-28-20-8-7-17(14-18(20)23(31)29(5-2)24(28)32)27-22(30)12-15(3)10-11-33-21-9-6-16(25)13-19(21)26/h6-9,13-15H,4-5,10-12H2,1-3H3,(H,27,30). The third-order valence-corrected chi connectivity index (χ3v) is 5.67. The summed E-state index contributed by atoms with van der Waals surface area (Å²) in [4.78, 5) is 37.7. The van der Waals surface area contributed by atoms with Gasteiger partial charge in [-0.15, -0.1) is 0 Å². The number of hydrogen-bond donors (Lipinski definition) is 1. The molecule has 0 saturated heterocycles. The molecular weight excluding hydrogens is 449 g/mol. The van der Waals surface area contributed by atoms with E-state index in [0.717, 1.165) is 0 Å². The average Bonchev–Trinajstić information content (AvgIpc) is 2.76. The van der Waals surface area contributed by atoms with Crippen LogP contribution >= 0.6 is 11.6 Å². The third kappa shape index (κ3) is 5.63. The SMILES string of the molecule is CCn1c(=O)c2cc(NC(=O)CC(C)CCOc3ccc(Cl)cc3F)ccc2n(CC)c1=O. The van der Waals surface area contributed by atoms with Gasteiger partial charge < -0.3 is 10.1 Å². The number of amides is 1. The fraction of sp³-hybridized carbons (Fsp3) is 0.375. The molecule has 0 aliphatic carbocycles. The summed E-state index contributed by atoms with van der Waals surface area (Å²) in [6.07, 6.45) is 0.787. The maximum Gasteiger partial charge on any atom is 0.331 e. The van der Waals surface area contributed by atoms with Crippen LogP contribution in [0.3, 0.4) is 0 Å². The van der Waals surface area contributed by atoms with Crippen LogP contribution in [0.2, 0.25) is 5.02 Å². The fourth-order valence-corrected chi connectivity index (χ4v) is 3.84. The molecule has 0 aliphatic rings. The van der Waals surface area contributed by atoms with Gasteiger partial charge in [-0.25, -0.2) is 9.18 Å². The Morgan fingerprint density at radius 1 is 1.12 bits per heavy atom. The summed E-state index contributed by atoms with van der Waals surface area (Å²) in [7, 11) is 0. The van der Waals surface area contributed by atoms with E-state index in [2.05, 4.69) is 5.32 Å². The number of ether oxygens (including phenoxy) is 1. The highest BCUT2D eigenvalue weighted by molar-refractivity contribution is 6.30.